The lowest BCUT2D eigenvalue weighted by molar-refractivity contribution is 0.198. The highest BCUT2D eigenvalue weighted by Crippen LogP contribution is 2.42. The first kappa shape index (κ1) is 16.1. The van der Waals surface area contributed by atoms with Gasteiger partial charge in [0.2, 0.25) is 0 Å². The molecule has 0 saturated heterocycles. The SMILES string of the molecule is OCCC1(c2ccc(NCc3ccccc3)cc2)CCCCC1. The smallest absolute Gasteiger partial charge is 0.0439 e. The second kappa shape index (κ2) is 7.65. The summed E-state index contributed by atoms with van der Waals surface area (Å²) in [5.41, 5.74) is 4.05. The molecule has 23 heavy (non-hydrogen) atoms. The minimum absolute atomic E-state index is 0.199. The Balaban J connectivity index is 1.68. The van der Waals surface area contributed by atoms with E-state index in [4.69, 9.17) is 0 Å². The van der Waals surface area contributed by atoms with Crippen molar-refractivity contribution in [2.45, 2.75) is 50.5 Å². The van der Waals surface area contributed by atoms with Crippen LogP contribution in [-0.2, 0) is 12.0 Å². The maximum absolute atomic E-state index is 9.50. The fourth-order valence-corrected chi connectivity index (χ4v) is 3.87. The van der Waals surface area contributed by atoms with Crippen LogP contribution in [-0.4, -0.2) is 11.7 Å². The largest absolute Gasteiger partial charge is 0.396 e. The fraction of sp³-hybridized carbons (Fsp3) is 0.429. The fourth-order valence-electron chi connectivity index (χ4n) is 3.87. The van der Waals surface area contributed by atoms with Gasteiger partial charge in [0.15, 0.2) is 0 Å². The summed E-state index contributed by atoms with van der Waals surface area (Å²) in [5.74, 6) is 0. The summed E-state index contributed by atoms with van der Waals surface area (Å²) in [6.07, 6.45) is 7.23. The lowest BCUT2D eigenvalue weighted by Crippen LogP contribution is -2.30. The number of hydrogen-bond donors (Lipinski definition) is 2. The standard InChI is InChI=1S/C21H27NO/c23-16-15-21(13-5-2-6-14-21)19-9-11-20(12-10-19)22-17-18-7-3-1-4-8-18/h1,3-4,7-12,22-23H,2,5-6,13-17H2. The van der Waals surface area contributed by atoms with E-state index in [9.17, 15) is 5.11 Å². The Hall–Kier alpha value is -1.80. The molecule has 0 atom stereocenters. The van der Waals surface area contributed by atoms with Crippen LogP contribution in [0.2, 0.25) is 0 Å². The van der Waals surface area contributed by atoms with Crippen molar-refractivity contribution in [3.63, 3.8) is 0 Å². The van der Waals surface area contributed by atoms with Gasteiger partial charge in [-0.25, -0.2) is 0 Å². The third-order valence-corrected chi connectivity index (χ3v) is 5.24. The van der Waals surface area contributed by atoms with Gasteiger partial charge in [-0.1, -0.05) is 61.7 Å². The van der Waals surface area contributed by atoms with Gasteiger partial charge in [0.25, 0.3) is 0 Å². The molecule has 0 bridgehead atoms. The Bertz CT molecular complexity index is 579. The summed E-state index contributed by atoms with van der Waals surface area (Å²) < 4.78 is 0. The number of aliphatic hydroxyl groups excluding tert-OH is 1. The van der Waals surface area contributed by atoms with Gasteiger partial charge in [-0.2, -0.15) is 0 Å². The molecule has 1 aliphatic rings. The van der Waals surface area contributed by atoms with E-state index in [2.05, 4.69) is 53.8 Å². The quantitative estimate of drug-likeness (QED) is 0.797. The van der Waals surface area contributed by atoms with Crippen LogP contribution < -0.4 is 5.32 Å². The molecular formula is C21H27NO. The average Bonchev–Trinajstić information content (AvgIpc) is 2.62. The second-order valence-electron chi connectivity index (χ2n) is 6.73. The highest BCUT2D eigenvalue weighted by Gasteiger charge is 2.33. The molecule has 2 nitrogen and oxygen atoms in total. The zero-order valence-electron chi connectivity index (χ0n) is 13.8. The Morgan fingerprint density at radius 1 is 0.870 bits per heavy atom. The zero-order chi connectivity index (χ0) is 16.0. The molecule has 0 radical (unpaired) electrons. The molecule has 122 valence electrons. The van der Waals surface area contributed by atoms with E-state index in [1.54, 1.807) is 0 Å². The summed E-state index contributed by atoms with van der Waals surface area (Å²) in [6, 6.07) is 19.4. The molecule has 1 fully saturated rings. The van der Waals surface area contributed by atoms with E-state index >= 15 is 0 Å². The highest BCUT2D eigenvalue weighted by molar-refractivity contribution is 5.46. The van der Waals surface area contributed by atoms with Crippen molar-refractivity contribution >= 4 is 5.69 Å². The second-order valence-corrected chi connectivity index (χ2v) is 6.73. The van der Waals surface area contributed by atoms with Crippen LogP contribution in [0.15, 0.2) is 54.6 Å². The van der Waals surface area contributed by atoms with Gasteiger partial charge in [0.05, 0.1) is 0 Å². The third-order valence-electron chi connectivity index (χ3n) is 5.24. The monoisotopic (exact) mass is 309 g/mol. The summed E-state index contributed by atoms with van der Waals surface area (Å²) in [5, 5.41) is 13.0. The van der Waals surface area contributed by atoms with Gasteiger partial charge in [-0.3, -0.25) is 0 Å². The predicted molar refractivity (Wildman–Crippen MR) is 96.7 cm³/mol. The first-order chi connectivity index (χ1) is 11.3. The van der Waals surface area contributed by atoms with Crippen LogP contribution in [0, 0.1) is 0 Å². The Morgan fingerprint density at radius 3 is 2.22 bits per heavy atom. The molecular weight excluding hydrogens is 282 g/mol. The number of aliphatic hydroxyl groups is 1. The van der Waals surface area contributed by atoms with E-state index in [0.717, 1.165) is 18.7 Å². The molecule has 2 N–H and O–H groups in total. The predicted octanol–water partition coefficient (Wildman–Crippen LogP) is 4.88. The van der Waals surface area contributed by atoms with Crippen LogP contribution in [0.25, 0.3) is 0 Å². The average molecular weight is 309 g/mol. The van der Waals surface area contributed by atoms with Crippen molar-refractivity contribution in [2.75, 3.05) is 11.9 Å². The van der Waals surface area contributed by atoms with Gasteiger partial charge in [-0.05, 0) is 47.9 Å². The molecule has 2 aromatic rings. The molecule has 2 heteroatoms. The Morgan fingerprint density at radius 2 is 1.57 bits per heavy atom. The van der Waals surface area contributed by atoms with Crippen molar-refractivity contribution in [3.05, 3.63) is 65.7 Å². The molecule has 0 amide bonds. The molecule has 1 saturated carbocycles. The molecule has 0 heterocycles. The maximum atomic E-state index is 9.50. The Kier molecular flexibility index (Phi) is 5.35. The molecule has 2 aromatic carbocycles. The summed E-state index contributed by atoms with van der Waals surface area (Å²) in [4.78, 5) is 0. The summed E-state index contributed by atoms with van der Waals surface area (Å²) in [7, 11) is 0. The minimum atomic E-state index is 0.199. The lowest BCUT2D eigenvalue weighted by atomic mass is 9.67. The number of hydrogen-bond acceptors (Lipinski definition) is 2. The molecule has 0 unspecified atom stereocenters. The van der Waals surface area contributed by atoms with Crippen molar-refractivity contribution in [3.8, 4) is 0 Å². The summed E-state index contributed by atoms with van der Waals surface area (Å²) >= 11 is 0. The van der Waals surface area contributed by atoms with Crippen molar-refractivity contribution in [2.24, 2.45) is 0 Å². The maximum Gasteiger partial charge on any atom is 0.0439 e. The van der Waals surface area contributed by atoms with Gasteiger partial charge >= 0.3 is 0 Å². The van der Waals surface area contributed by atoms with E-state index in [0.29, 0.717) is 0 Å². The minimum Gasteiger partial charge on any atom is -0.396 e. The van der Waals surface area contributed by atoms with Crippen LogP contribution in [0.3, 0.4) is 0 Å². The van der Waals surface area contributed by atoms with Crippen molar-refractivity contribution in [1.29, 1.82) is 0 Å². The van der Waals surface area contributed by atoms with Crippen LogP contribution in [0.5, 0.6) is 0 Å². The normalized spacial score (nSPS) is 16.9. The van der Waals surface area contributed by atoms with Crippen LogP contribution in [0.4, 0.5) is 5.69 Å². The number of nitrogens with one attached hydrogen (secondary N) is 1. The lowest BCUT2D eigenvalue weighted by Gasteiger charge is -2.37. The molecule has 1 aliphatic carbocycles. The van der Waals surface area contributed by atoms with E-state index in [1.807, 2.05) is 6.07 Å². The van der Waals surface area contributed by atoms with Gasteiger partial charge < -0.3 is 10.4 Å². The number of rotatable bonds is 6. The van der Waals surface area contributed by atoms with E-state index in [-0.39, 0.29) is 12.0 Å². The molecule has 0 spiro atoms. The molecule has 0 aliphatic heterocycles. The van der Waals surface area contributed by atoms with Crippen molar-refractivity contribution < 1.29 is 5.11 Å². The van der Waals surface area contributed by atoms with Crippen molar-refractivity contribution in [1.82, 2.24) is 0 Å². The highest BCUT2D eigenvalue weighted by atomic mass is 16.3. The Labute approximate surface area is 139 Å². The van der Waals surface area contributed by atoms with Crippen LogP contribution in [0.1, 0.15) is 49.7 Å². The molecule has 0 aromatic heterocycles. The number of anilines is 1. The van der Waals surface area contributed by atoms with Gasteiger partial charge in [0.1, 0.15) is 0 Å². The van der Waals surface area contributed by atoms with Gasteiger partial charge in [0, 0.05) is 18.8 Å². The third kappa shape index (κ3) is 3.94. The van der Waals surface area contributed by atoms with Gasteiger partial charge in [-0.15, -0.1) is 0 Å². The van der Waals surface area contributed by atoms with E-state index in [1.165, 1.54) is 43.2 Å². The first-order valence-electron chi connectivity index (χ1n) is 8.82. The van der Waals surface area contributed by atoms with E-state index < -0.39 is 0 Å². The zero-order valence-corrected chi connectivity index (χ0v) is 13.8. The topological polar surface area (TPSA) is 32.3 Å². The van der Waals surface area contributed by atoms with Crippen LogP contribution >= 0.6 is 0 Å². The molecule has 3 rings (SSSR count). The number of benzene rings is 2. The first-order valence-corrected chi connectivity index (χ1v) is 8.82. The summed E-state index contributed by atoms with van der Waals surface area (Å²) in [6.45, 7) is 1.13.